The highest BCUT2D eigenvalue weighted by molar-refractivity contribution is 7.91. The number of hydrogen-bond donors (Lipinski definition) is 0. The largest absolute Gasteiger partial charge is 0.616 e. The molecule has 0 aliphatic carbocycles. The van der Waals surface area contributed by atoms with Crippen molar-refractivity contribution in [2.24, 2.45) is 0 Å². The van der Waals surface area contributed by atoms with E-state index in [1.165, 1.54) is 0 Å². The van der Waals surface area contributed by atoms with Crippen LogP contribution in [0.2, 0.25) is 0 Å². The fourth-order valence-corrected chi connectivity index (χ4v) is 1.50. The molecule has 0 amide bonds. The lowest BCUT2D eigenvalue weighted by atomic mass is 10.2. The van der Waals surface area contributed by atoms with Crippen LogP contribution >= 0.6 is 0 Å². The van der Waals surface area contributed by atoms with Crippen molar-refractivity contribution < 1.29 is 26.5 Å². The van der Waals surface area contributed by atoms with Crippen molar-refractivity contribution in [3.63, 3.8) is 0 Å². The van der Waals surface area contributed by atoms with Crippen molar-refractivity contribution in [2.45, 2.75) is 31.9 Å². The van der Waals surface area contributed by atoms with E-state index < -0.39 is 29.7 Å². The highest BCUT2D eigenvalue weighted by Gasteiger charge is 2.56. The topological polar surface area (TPSA) is 23.1 Å². The maximum Gasteiger partial charge on any atom is 0.453 e. The average Bonchev–Trinajstić information content (AvgIpc) is 2.01. The normalized spacial score (nSPS) is 15.6. The zero-order valence-corrected chi connectivity index (χ0v) is 8.35. The molecule has 0 aromatic heterocycles. The minimum absolute atomic E-state index is 0.109. The van der Waals surface area contributed by atoms with Crippen LogP contribution < -0.4 is 0 Å². The first-order valence-corrected chi connectivity index (χ1v) is 5.49. The first-order valence-electron chi connectivity index (χ1n) is 4.00. The molecule has 0 aliphatic heterocycles. The minimum Gasteiger partial charge on any atom is -0.616 e. The molecule has 0 saturated heterocycles. The first kappa shape index (κ1) is 14.0. The molecule has 14 heavy (non-hydrogen) atoms. The van der Waals surface area contributed by atoms with Gasteiger partial charge in [0, 0.05) is 6.42 Å². The molecular formula is C7H11F5OS. The summed E-state index contributed by atoms with van der Waals surface area (Å²) < 4.78 is 70.1. The summed E-state index contributed by atoms with van der Waals surface area (Å²) >= 11 is -1.29. The van der Waals surface area contributed by atoms with Crippen molar-refractivity contribution in [2.75, 3.05) is 11.5 Å². The van der Waals surface area contributed by atoms with Crippen molar-refractivity contribution in [1.29, 1.82) is 0 Å². The van der Waals surface area contributed by atoms with Crippen molar-refractivity contribution >= 4 is 11.2 Å². The second kappa shape index (κ2) is 5.16. The van der Waals surface area contributed by atoms with E-state index in [4.69, 9.17) is 0 Å². The molecule has 7 heteroatoms. The number of alkyl halides is 5. The van der Waals surface area contributed by atoms with E-state index in [9.17, 15) is 26.5 Å². The second-order valence-corrected chi connectivity index (χ2v) is 4.60. The molecule has 0 heterocycles. The summed E-state index contributed by atoms with van der Waals surface area (Å²) in [5.41, 5.74) is 0. The third-order valence-electron chi connectivity index (χ3n) is 1.60. The van der Waals surface area contributed by atoms with E-state index in [2.05, 4.69) is 0 Å². The lowest BCUT2D eigenvalue weighted by Crippen LogP contribution is -2.36. The molecule has 86 valence electrons. The fraction of sp³-hybridized carbons (Fsp3) is 1.00. The van der Waals surface area contributed by atoms with Gasteiger partial charge in [0.25, 0.3) is 0 Å². The summed E-state index contributed by atoms with van der Waals surface area (Å²) in [5.74, 6) is -4.50. The van der Waals surface area contributed by atoms with E-state index in [-0.39, 0.29) is 17.9 Å². The van der Waals surface area contributed by atoms with Gasteiger partial charge in [0.1, 0.15) is 11.5 Å². The average molecular weight is 238 g/mol. The Hall–Kier alpha value is -0.0400. The van der Waals surface area contributed by atoms with Gasteiger partial charge in [0.2, 0.25) is 0 Å². The van der Waals surface area contributed by atoms with E-state index in [0.29, 0.717) is 0 Å². The molecule has 0 saturated carbocycles. The Morgan fingerprint density at radius 1 is 1.14 bits per heavy atom. The van der Waals surface area contributed by atoms with Gasteiger partial charge in [-0.3, -0.25) is 0 Å². The van der Waals surface area contributed by atoms with Gasteiger partial charge in [-0.1, -0.05) is 11.2 Å². The van der Waals surface area contributed by atoms with Gasteiger partial charge in [-0.25, -0.2) is 0 Å². The lowest BCUT2D eigenvalue weighted by molar-refractivity contribution is -0.284. The molecule has 0 aromatic carbocycles. The van der Waals surface area contributed by atoms with Crippen molar-refractivity contribution in [3.8, 4) is 0 Å². The third-order valence-corrected chi connectivity index (χ3v) is 2.99. The van der Waals surface area contributed by atoms with Gasteiger partial charge in [0.05, 0.1) is 0 Å². The molecule has 0 radical (unpaired) electrons. The zero-order chi connectivity index (χ0) is 11.4. The maximum absolute atomic E-state index is 12.3. The minimum atomic E-state index is -5.50. The Balaban J connectivity index is 3.89. The molecule has 0 rings (SSSR count). The molecule has 1 atom stereocenters. The van der Waals surface area contributed by atoms with E-state index in [1.54, 1.807) is 6.92 Å². The van der Waals surface area contributed by atoms with Gasteiger partial charge >= 0.3 is 12.1 Å². The first-order chi connectivity index (χ1) is 6.20. The summed E-state index contributed by atoms with van der Waals surface area (Å²) in [6.07, 6.45) is -7.17. The number of rotatable bonds is 5. The summed E-state index contributed by atoms with van der Waals surface area (Å²) in [7, 11) is 0. The second-order valence-electron chi connectivity index (χ2n) is 2.74. The monoisotopic (exact) mass is 238 g/mol. The van der Waals surface area contributed by atoms with Gasteiger partial charge in [-0.2, -0.15) is 22.0 Å². The van der Waals surface area contributed by atoms with Crippen LogP contribution in [0.25, 0.3) is 0 Å². The van der Waals surface area contributed by atoms with Crippen molar-refractivity contribution in [3.05, 3.63) is 0 Å². The van der Waals surface area contributed by atoms with Gasteiger partial charge in [0.15, 0.2) is 0 Å². The molecule has 1 nitrogen and oxygen atoms in total. The van der Waals surface area contributed by atoms with Gasteiger partial charge < -0.3 is 4.55 Å². The Bertz CT molecular complexity index is 170. The quantitative estimate of drug-likeness (QED) is 0.533. The standard InChI is InChI=1S/C7H11F5OS/c1-2-14(13)5-3-4-6(8,9)7(10,11)12/h2-5H2,1H3. The van der Waals surface area contributed by atoms with Crippen LogP contribution in [0.4, 0.5) is 22.0 Å². The summed E-state index contributed by atoms with van der Waals surface area (Å²) in [6.45, 7) is 1.58. The van der Waals surface area contributed by atoms with Crippen LogP contribution in [0.1, 0.15) is 19.8 Å². The van der Waals surface area contributed by atoms with Crippen LogP contribution in [-0.2, 0) is 11.2 Å². The molecule has 0 bridgehead atoms. The molecular weight excluding hydrogens is 227 g/mol. The Morgan fingerprint density at radius 3 is 2.00 bits per heavy atom. The summed E-state index contributed by atoms with van der Waals surface area (Å²) in [4.78, 5) is 0. The number of hydrogen-bond acceptors (Lipinski definition) is 1. The summed E-state index contributed by atoms with van der Waals surface area (Å²) in [6, 6.07) is 0. The molecule has 0 N–H and O–H groups in total. The SMILES string of the molecule is CC[S+]([O-])CCCC(F)(F)C(F)(F)F. The van der Waals surface area contributed by atoms with E-state index in [1.807, 2.05) is 0 Å². The predicted molar refractivity (Wildman–Crippen MR) is 43.8 cm³/mol. The fourth-order valence-electron chi connectivity index (χ4n) is 0.741. The molecule has 0 aromatic rings. The molecule has 0 fully saturated rings. The van der Waals surface area contributed by atoms with Crippen LogP contribution in [-0.4, -0.2) is 28.2 Å². The lowest BCUT2D eigenvalue weighted by Gasteiger charge is -2.19. The highest BCUT2D eigenvalue weighted by Crippen LogP contribution is 2.38. The maximum atomic E-state index is 12.3. The summed E-state index contributed by atoms with van der Waals surface area (Å²) in [5, 5.41) is 0. The van der Waals surface area contributed by atoms with Gasteiger partial charge in [-0.05, 0) is 13.3 Å². The van der Waals surface area contributed by atoms with E-state index in [0.717, 1.165) is 0 Å². The third kappa shape index (κ3) is 4.45. The Morgan fingerprint density at radius 2 is 1.64 bits per heavy atom. The Labute approximate surface area is 81.9 Å². The Kier molecular flexibility index (Phi) is 5.14. The molecule has 1 unspecified atom stereocenters. The zero-order valence-electron chi connectivity index (χ0n) is 7.53. The van der Waals surface area contributed by atoms with Crippen LogP contribution in [0, 0.1) is 0 Å². The molecule has 0 aliphatic rings. The van der Waals surface area contributed by atoms with Crippen molar-refractivity contribution in [1.82, 2.24) is 0 Å². The van der Waals surface area contributed by atoms with Gasteiger partial charge in [-0.15, -0.1) is 0 Å². The highest BCUT2D eigenvalue weighted by atomic mass is 32.2. The van der Waals surface area contributed by atoms with E-state index >= 15 is 0 Å². The smallest absolute Gasteiger partial charge is 0.453 e. The van der Waals surface area contributed by atoms with Crippen LogP contribution in [0.15, 0.2) is 0 Å². The predicted octanol–water partition coefficient (Wildman–Crippen LogP) is 2.73. The molecule has 0 spiro atoms. The number of halogens is 5. The van der Waals surface area contributed by atoms with Crippen LogP contribution in [0.5, 0.6) is 0 Å². The van der Waals surface area contributed by atoms with Crippen LogP contribution in [0.3, 0.4) is 0 Å².